The summed E-state index contributed by atoms with van der Waals surface area (Å²) in [5.41, 5.74) is 0. The summed E-state index contributed by atoms with van der Waals surface area (Å²) in [5.74, 6) is 0.705. The van der Waals surface area contributed by atoms with Crippen LogP contribution in [0.5, 0.6) is 0 Å². The molecule has 1 rings (SSSR count). The molecule has 0 radical (unpaired) electrons. The maximum atomic E-state index is 6.13. The number of nitrogens with one attached hydrogen (secondary N) is 1. The lowest BCUT2D eigenvalue weighted by Gasteiger charge is -2.25. The molecule has 0 saturated carbocycles. The molecule has 17 heavy (non-hydrogen) atoms. The molecule has 1 N–H and O–H groups in total. The van der Waals surface area contributed by atoms with Gasteiger partial charge >= 0.3 is 0 Å². The molecule has 0 aliphatic heterocycles. The average Bonchev–Trinajstić information content (AvgIpc) is 2.61. The highest BCUT2D eigenvalue weighted by molar-refractivity contribution is 9.11. The van der Waals surface area contributed by atoms with Gasteiger partial charge in [0.05, 0.1) is 8.81 Å². The zero-order valence-electron chi connectivity index (χ0n) is 10.7. The molecule has 0 aliphatic carbocycles. The van der Waals surface area contributed by atoms with Crippen molar-refractivity contribution in [2.45, 2.75) is 45.6 Å². The molecular weight excluding hydrogens is 318 g/mol. The third kappa shape index (κ3) is 4.23. The molecule has 98 valence electrons. The Bertz CT molecular complexity index is 315. The molecule has 0 aromatic carbocycles. The molecule has 1 nitrogen and oxygen atoms in total. The van der Waals surface area contributed by atoms with Crippen molar-refractivity contribution in [3.8, 4) is 0 Å². The van der Waals surface area contributed by atoms with E-state index in [1.54, 1.807) is 11.3 Å². The quantitative estimate of drug-likeness (QED) is 0.678. The van der Waals surface area contributed by atoms with Crippen LogP contribution in [0.2, 0.25) is 5.02 Å². The van der Waals surface area contributed by atoms with Crippen LogP contribution in [0.4, 0.5) is 0 Å². The third-order valence-corrected chi connectivity index (χ3v) is 5.63. The zero-order valence-corrected chi connectivity index (χ0v) is 13.9. The van der Waals surface area contributed by atoms with Gasteiger partial charge in [-0.05, 0) is 47.8 Å². The minimum atomic E-state index is 0.434. The molecule has 1 aromatic rings. The minimum Gasteiger partial charge on any atom is -0.312 e. The van der Waals surface area contributed by atoms with E-state index in [4.69, 9.17) is 11.6 Å². The van der Waals surface area contributed by atoms with E-state index in [1.165, 1.54) is 30.6 Å². The summed E-state index contributed by atoms with van der Waals surface area (Å²) in [4.78, 5) is 1.34. The van der Waals surface area contributed by atoms with Gasteiger partial charge in [0.15, 0.2) is 0 Å². The summed E-state index contributed by atoms with van der Waals surface area (Å²) in [7, 11) is 2.05. The zero-order chi connectivity index (χ0) is 12.8. The molecule has 1 unspecified atom stereocenters. The molecule has 0 bridgehead atoms. The molecule has 0 spiro atoms. The largest absolute Gasteiger partial charge is 0.312 e. The summed E-state index contributed by atoms with van der Waals surface area (Å²) in [6, 6.07) is 2.53. The number of halogens is 2. The normalized spacial score (nSPS) is 13.3. The van der Waals surface area contributed by atoms with Gasteiger partial charge in [0, 0.05) is 10.9 Å². The van der Waals surface area contributed by atoms with Crippen molar-refractivity contribution in [1.29, 1.82) is 0 Å². The molecular formula is C13H21BrClNS. The fraction of sp³-hybridized carbons (Fsp3) is 0.692. The summed E-state index contributed by atoms with van der Waals surface area (Å²) < 4.78 is 1.04. The Morgan fingerprint density at radius 2 is 1.94 bits per heavy atom. The molecule has 1 atom stereocenters. The predicted molar refractivity (Wildman–Crippen MR) is 82.1 cm³/mol. The van der Waals surface area contributed by atoms with Gasteiger partial charge in [-0.15, -0.1) is 11.3 Å². The maximum absolute atomic E-state index is 6.13. The van der Waals surface area contributed by atoms with Gasteiger partial charge in [-0.1, -0.05) is 38.3 Å². The van der Waals surface area contributed by atoms with Crippen LogP contribution in [-0.4, -0.2) is 7.05 Å². The third-order valence-electron chi connectivity index (χ3n) is 3.07. The van der Waals surface area contributed by atoms with E-state index in [-0.39, 0.29) is 0 Å². The SMILES string of the molecule is CCCC(CCC)C(NC)c1cc(Cl)c(Br)s1. The highest BCUT2D eigenvalue weighted by Gasteiger charge is 2.22. The lowest BCUT2D eigenvalue weighted by atomic mass is 9.89. The number of hydrogen-bond acceptors (Lipinski definition) is 2. The monoisotopic (exact) mass is 337 g/mol. The van der Waals surface area contributed by atoms with Gasteiger partial charge in [0.2, 0.25) is 0 Å². The Morgan fingerprint density at radius 3 is 2.29 bits per heavy atom. The van der Waals surface area contributed by atoms with Gasteiger partial charge in [-0.3, -0.25) is 0 Å². The second-order valence-electron chi connectivity index (χ2n) is 4.37. The predicted octanol–water partition coefficient (Wildman–Crippen LogP) is 5.64. The molecule has 0 fully saturated rings. The summed E-state index contributed by atoms with van der Waals surface area (Å²) in [6.45, 7) is 4.51. The van der Waals surface area contributed by atoms with Crippen molar-refractivity contribution in [2.75, 3.05) is 7.05 Å². The molecule has 0 saturated heterocycles. The lowest BCUT2D eigenvalue weighted by Crippen LogP contribution is -2.24. The van der Waals surface area contributed by atoms with Gasteiger partial charge in [0.25, 0.3) is 0 Å². The molecule has 0 amide bonds. The van der Waals surface area contributed by atoms with Crippen LogP contribution in [0.25, 0.3) is 0 Å². The van der Waals surface area contributed by atoms with Crippen LogP contribution in [0.1, 0.15) is 50.4 Å². The Hall–Kier alpha value is 0.430. The van der Waals surface area contributed by atoms with Crippen molar-refractivity contribution < 1.29 is 0 Å². The smallest absolute Gasteiger partial charge is 0.0887 e. The lowest BCUT2D eigenvalue weighted by molar-refractivity contribution is 0.335. The van der Waals surface area contributed by atoms with E-state index < -0.39 is 0 Å². The van der Waals surface area contributed by atoms with E-state index in [0.29, 0.717) is 12.0 Å². The first-order chi connectivity index (χ1) is 8.13. The van der Waals surface area contributed by atoms with Crippen LogP contribution in [-0.2, 0) is 0 Å². The molecule has 4 heteroatoms. The number of hydrogen-bond donors (Lipinski definition) is 1. The minimum absolute atomic E-state index is 0.434. The Morgan fingerprint density at radius 1 is 1.35 bits per heavy atom. The van der Waals surface area contributed by atoms with Gasteiger partial charge in [-0.2, -0.15) is 0 Å². The summed E-state index contributed by atoms with van der Waals surface area (Å²) in [6.07, 6.45) is 5.02. The number of rotatable bonds is 7. The average molecular weight is 339 g/mol. The van der Waals surface area contributed by atoms with Crippen molar-refractivity contribution in [3.05, 3.63) is 19.8 Å². The maximum Gasteiger partial charge on any atom is 0.0887 e. The Labute approximate surface area is 122 Å². The standard InChI is InChI=1S/C13H21BrClNS/c1-4-6-9(7-5-2)12(16-3)11-8-10(15)13(14)17-11/h8-9,12,16H,4-7H2,1-3H3. The first kappa shape index (κ1) is 15.5. The fourth-order valence-electron chi connectivity index (χ4n) is 2.35. The topological polar surface area (TPSA) is 12.0 Å². The van der Waals surface area contributed by atoms with E-state index in [1.807, 2.05) is 7.05 Å². The second-order valence-corrected chi connectivity index (χ2v) is 7.18. The van der Waals surface area contributed by atoms with Crippen LogP contribution < -0.4 is 5.32 Å². The highest BCUT2D eigenvalue weighted by atomic mass is 79.9. The van der Waals surface area contributed by atoms with E-state index >= 15 is 0 Å². The summed E-state index contributed by atoms with van der Waals surface area (Å²) >= 11 is 11.4. The second kappa shape index (κ2) is 7.78. The van der Waals surface area contributed by atoms with E-state index in [2.05, 4.69) is 41.2 Å². The molecule has 1 aromatic heterocycles. The Balaban J connectivity index is 2.86. The van der Waals surface area contributed by atoms with Crippen molar-refractivity contribution in [3.63, 3.8) is 0 Å². The van der Waals surface area contributed by atoms with Crippen LogP contribution in [0, 0.1) is 5.92 Å². The highest BCUT2D eigenvalue weighted by Crippen LogP contribution is 2.39. The fourth-order valence-corrected chi connectivity index (χ4v) is 4.30. The first-order valence-corrected chi connectivity index (χ1v) is 8.24. The van der Waals surface area contributed by atoms with Gasteiger partial charge in [0.1, 0.15) is 0 Å². The van der Waals surface area contributed by atoms with Gasteiger partial charge in [-0.25, -0.2) is 0 Å². The van der Waals surface area contributed by atoms with Crippen LogP contribution in [0.3, 0.4) is 0 Å². The van der Waals surface area contributed by atoms with Crippen LogP contribution in [0.15, 0.2) is 9.85 Å². The van der Waals surface area contributed by atoms with E-state index in [9.17, 15) is 0 Å². The molecule has 1 heterocycles. The molecule has 0 aliphatic rings. The Kier molecular flexibility index (Phi) is 7.08. The van der Waals surface area contributed by atoms with Gasteiger partial charge < -0.3 is 5.32 Å². The number of thiophene rings is 1. The van der Waals surface area contributed by atoms with Crippen molar-refractivity contribution in [1.82, 2.24) is 5.32 Å². The van der Waals surface area contributed by atoms with Crippen molar-refractivity contribution >= 4 is 38.9 Å². The first-order valence-electron chi connectivity index (χ1n) is 6.25. The summed E-state index contributed by atoms with van der Waals surface area (Å²) in [5, 5.41) is 4.29. The van der Waals surface area contributed by atoms with E-state index in [0.717, 1.165) is 8.81 Å². The van der Waals surface area contributed by atoms with Crippen LogP contribution >= 0.6 is 38.9 Å². The van der Waals surface area contributed by atoms with Crippen molar-refractivity contribution in [2.24, 2.45) is 5.92 Å².